The number of nitrogens with zero attached hydrogens (tertiary/aromatic N) is 3. The van der Waals surface area contributed by atoms with Crippen molar-refractivity contribution in [2.75, 3.05) is 0 Å². The Bertz CT molecular complexity index is 1060. The number of aromatic nitrogens is 3. The van der Waals surface area contributed by atoms with Crippen molar-refractivity contribution in [2.45, 2.75) is 20.4 Å². The van der Waals surface area contributed by atoms with Crippen LogP contribution in [0.4, 0.5) is 0 Å². The SMILES string of the molecule is Cc1noc(C)c1Cn1cnc2scc(-c3ccccc3)c2c1=O. The van der Waals surface area contributed by atoms with Gasteiger partial charge in [-0.2, -0.15) is 0 Å². The fraction of sp³-hybridized carbons (Fsp3) is 0.167. The molecule has 0 atom stereocenters. The quantitative estimate of drug-likeness (QED) is 0.571. The molecule has 24 heavy (non-hydrogen) atoms. The summed E-state index contributed by atoms with van der Waals surface area (Å²) in [5.74, 6) is 0.730. The maximum Gasteiger partial charge on any atom is 0.263 e. The van der Waals surface area contributed by atoms with Gasteiger partial charge >= 0.3 is 0 Å². The minimum Gasteiger partial charge on any atom is -0.361 e. The zero-order valence-electron chi connectivity index (χ0n) is 13.3. The molecule has 6 heteroatoms. The summed E-state index contributed by atoms with van der Waals surface area (Å²) in [5, 5.41) is 6.61. The Hall–Kier alpha value is -2.73. The number of rotatable bonds is 3. The predicted octanol–water partition coefficient (Wildman–Crippen LogP) is 3.78. The van der Waals surface area contributed by atoms with E-state index in [4.69, 9.17) is 4.52 Å². The van der Waals surface area contributed by atoms with Gasteiger partial charge in [0.1, 0.15) is 10.6 Å². The second-order valence-corrected chi connectivity index (χ2v) is 6.53. The molecule has 1 aromatic carbocycles. The average molecular weight is 337 g/mol. The zero-order valence-corrected chi connectivity index (χ0v) is 14.1. The van der Waals surface area contributed by atoms with Crippen LogP contribution in [0.2, 0.25) is 0 Å². The highest BCUT2D eigenvalue weighted by Gasteiger charge is 2.15. The number of hydrogen-bond acceptors (Lipinski definition) is 5. The molecule has 4 aromatic rings. The molecule has 4 rings (SSSR count). The molecule has 3 heterocycles. The van der Waals surface area contributed by atoms with Gasteiger partial charge in [0, 0.05) is 16.5 Å². The first-order valence-corrected chi connectivity index (χ1v) is 8.47. The Morgan fingerprint density at radius 3 is 2.71 bits per heavy atom. The Morgan fingerprint density at radius 1 is 1.21 bits per heavy atom. The van der Waals surface area contributed by atoms with E-state index in [1.54, 1.807) is 10.9 Å². The summed E-state index contributed by atoms with van der Waals surface area (Å²) in [4.78, 5) is 18.2. The third kappa shape index (κ3) is 2.35. The minimum absolute atomic E-state index is 0.0416. The van der Waals surface area contributed by atoms with Crippen molar-refractivity contribution < 1.29 is 4.52 Å². The number of thiophene rings is 1. The van der Waals surface area contributed by atoms with Crippen molar-refractivity contribution in [3.63, 3.8) is 0 Å². The van der Waals surface area contributed by atoms with Gasteiger partial charge in [-0.15, -0.1) is 11.3 Å². The summed E-state index contributed by atoms with van der Waals surface area (Å²) >= 11 is 1.49. The lowest BCUT2D eigenvalue weighted by atomic mass is 10.1. The summed E-state index contributed by atoms with van der Waals surface area (Å²) < 4.78 is 6.81. The Balaban J connectivity index is 1.88. The normalized spacial score (nSPS) is 11.2. The molecule has 0 unspecified atom stereocenters. The largest absolute Gasteiger partial charge is 0.361 e. The second-order valence-electron chi connectivity index (χ2n) is 5.68. The molecular formula is C18H15N3O2S. The second kappa shape index (κ2) is 5.72. The van der Waals surface area contributed by atoms with E-state index < -0.39 is 0 Å². The molecule has 0 aliphatic heterocycles. The van der Waals surface area contributed by atoms with E-state index in [0.29, 0.717) is 11.9 Å². The van der Waals surface area contributed by atoms with Gasteiger partial charge in [0.25, 0.3) is 5.56 Å². The van der Waals surface area contributed by atoms with Crippen molar-refractivity contribution in [1.82, 2.24) is 14.7 Å². The smallest absolute Gasteiger partial charge is 0.263 e. The molecule has 0 radical (unpaired) electrons. The fourth-order valence-electron chi connectivity index (χ4n) is 2.81. The van der Waals surface area contributed by atoms with Crippen LogP contribution in [0.15, 0.2) is 51.4 Å². The minimum atomic E-state index is -0.0416. The van der Waals surface area contributed by atoms with Crippen molar-refractivity contribution in [2.24, 2.45) is 0 Å². The summed E-state index contributed by atoms with van der Waals surface area (Å²) in [6.45, 7) is 4.14. The summed E-state index contributed by atoms with van der Waals surface area (Å²) in [5.41, 5.74) is 3.64. The van der Waals surface area contributed by atoms with E-state index in [9.17, 15) is 4.79 Å². The van der Waals surface area contributed by atoms with Crippen LogP contribution in [-0.2, 0) is 6.54 Å². The summed E-state index contributed by atoms with van der Waals surface area (Å²) in [7, 11) is 0. The Morgan fingerprint density at radius 2 is 2.00 bits per heavy atom. The third-order valence-corrected chi connectivity index (χ3v) is 5.04. The van der Waals surface area contributed by atoms with Crippen molar-refractivity contribution in [1.29, 1.82) is 0 Å². The Labute approximate surface area is 142 Å². The van der Waals surface area contributed by atoms with Crippen LogP contribution in [0.25, 0.3) is 21.3 Å². The number of aryl methyl sites for hydroxylation is 2. The van der Waals surface area contributed by atoms with Crippen LogP contribution < -0.4 is 5.56 Å². The molecule has 0 saturated carbocycles. The lowest BCUT2D eigenvalue weighted by Crippen LogP contribution is -2.21. The maximum atomic E-state index is 13.0. The third-order valence-electron chi connectivity index (χ3n) is 4.16. The molecule has 0 aliphatic carbocycles. The van der Waals surface area contributed by atoms with Gasteiger partial charge in [-0.05, 0) is 19.4 Å². The highest BCUT2D eigenvalue weighted by Crippen LogP contribution is 2.30. The molecule has 0 fully saturated rings. The van der Waals surface area contributed by atoms with E-state index in [0.717, 1.165) is 33.0 Å². The van der Waals surface area contributed by atoms with Crippen molar-refractivity contribution >= 4 is 21.6 Å². The molecule has 0 N–H and O–H groups in total. The molecule has 0 spiro atoms. The topological polar surface area (TPSA) is 60.9 Å². The first-order valence-electron chi connectivity index (χ1n) is 7.59. The van der Waals surface area contributed by atoms with Crippen LogP contribution in [-0.4, -0.2) is 14.7 Å². The summed E-state index contributed by atoms with van der Waals surface area (Å²) in [6.07, 6.45) is 1.60. The van der Waals surface area contributed by atoms with Gasteiger partial charge in [0.15, 0.2) is 0 Å². The highest BCUT2D eigenvalue weighted by atomic mass is 32.1. The highest BCUT2D eigenvalue weighted by molar-refractivity contribution is 7.17. The monoisotopic (exact) mass is 337 g/mol. The van der Waals surface area contributed by atoms with Crippen LogP contribution in [0.1, 0.15) is 17.0 Å². The predicted molar refractivity (Wildman–Crippen MR) is 94.4 cm³/mol. The first-order chi connectivity index (χ1) is 11.6. The van der Waals surface area contributed by atoms with Crippen LogP contribution >= 0.6 is 11.3 Å². The maximum absolute atomic E-state index is 13.0. The lowest BCUT2D eigenvalue weighted by Gasteiger charge is -2.06. The molecule has 5 nitrogen and oxygen atoms in total. The molecule has 0 bridgehead atoms. The average Bonchev–Trinajstić information content (AvgIpc) is 3.17. The van der Waals surface area contributed by atoms with Gasteiger partial charge < -0.3 is 4.52 Å². The van der Waals surface area contributed by atoms with E-state index in [2.05, 4.69) is 10.1 Å². The van der Waals surface area contributed by atoms with Crippen LogP contribution in [0.3, 0.4) is 0 Å². The number of fused-ring (bicyclic) bond motifs is 1. The molecule has 0 aliphatic rings. The number of benzene rings is 1. The van der Waals surface area contributed by atoms with Gasteiger partial charge in [0.05, 0.1) is 24.0 Å². The van der Waals surface area contributed by atoms with E-state index in [1.165, 1.54) is 11.3 Å². The van der Waals surface area contributed by atoms with Gasteiger partial charge in [-0.25, -0.2) is 4.98 Å². The van der Waals surface area contributed by atoms with E-state index in [1.807, 2.05) is 49.6 Å². The van der Waals surface area contributed by atoms with Crippen LogP contribution in [0.5, 0.6) is 0 Å². The molecule has 0 amide bonds. The first kappa shape index (κ1) is 14.8. The molecule has 3 aromatic heterocycles. The molecule has 0 saturated heterocycles. The van der Waals surface area contributed by atoms with Gasteiger partial charge in [0.2, 0.25) is 0 Å². The van der Waals surface area contributed by atoms with Crippen molar-refractivity contribution in [3.8, 4) is 11.1 Å². The Kier molecular flexibility index (Phi) is 3.54. The molecular weight excluding hydrogens is 322 g/mol. The van der Waals surface area contributed by atoms with Crippen molar-refractivity contribution in [3.05, 3.63) is 69.4 Å². The van der Waals surface area contributed by atoms with E-state index in [-0.39, 0.29) is 5.56 Å². The lowest BCUT2D eigenvalue weighted by molar-refractivity contribution is 0.392. The van der Waals surface area contributed by atoms with Crippen LogP contribution in [0, 0.1) is 13.8 Å². The zero-order chi connectivity index (χ0) is 16.7. The molecule has 120 valence electrons. The van der Waals surface area contributed by atoms with Gasteiger partial charge in [-0.3, -0.25) is 9.36 Å². The fourth-order valence-corrected chi connectivity index (χ4v) is 3.71. The summed E-state index contributed by atoms with van der Waals surface area (Å²) in [6, 6.07) is 9.92. The van der Waals surface area contributed by atoms with Gasteiger partial charge in [-0.1, -0.05) is 35.5 Å². The standard InChI is InChI=1S/C18H15N3O2S/c1-11-14(12(2)23-20-11)8-21-10-19-17-16(18(21)22)15(9-24-17)13-6-4-3-5-7-13/h3-7,9-10H,8H2,1-2H3. The number of hydrogen-bond donors (Lipinski definition) is 0. The van der Waals surface area contributed by atoms with E-state index >= 15 is 0 Å².